The van der Waals surface area contributed by atoms with E-state index in [0.29, 0.717) is 16.4 Å². The fraction of sp³-hybridized carbons (Fsp3) is 0.520. The fourth-order valence-corrected chi connectivity index (χ4v) is 4.38. The third-order valence-corrected chi connectivity index (χ3v) is 6.29. The van der Waals surface area contributed by atoms with Crippen LogP contribution in [-0.4, -0.2) is 40.4 Å². The van der Waals surface area contributed by atoms with Crippen LogP contribution >= 0.6 is 11.6 Å². The maximum atomic E-state index is 13.1. The molecule has 7 nitrogen and oxygen atoms in total. The second-order valence-electron chi connectivity index (χ2n) is 8.72. The Labute approximate surface area is 201 Å². The van der Waals surface area contributed by atoms with E-state index in [4.69, 9.17) is 11.6 Å². The van der Waals surface area contributed by atoms with E-state index in [1.807, 2.05) is 30.3 Å². The number of carbonyl (C=O) groups is 1. The van der Waals surface area contributed by atoms with Gasteiger partial charge in [-0.1, -0.05) is 62.8 Å². The van der Waals surface area contributed by atoms with Gasteiger partial charge in [-0.3, -0.25) is 15.2 Å². The summed E-state index contributed by atoms with van der Waals surface area (Å²) in [6.07, 6.45) is 10.4. The van der Waals surface area contributed by atoms with Crippen molar-refractivity contribution in [3.8, 4) is 6.07 Å². The van der Waals surface area contributed by atoms with Crippen molar-refractivity contribution < 1.29 is 4.79 Å². The summed E-state index contributed by atoms with van der Waals surface area (Å²) in [5.41, 5.74) is 4.73. The van der Waals surface area contributed by atoms with Crippen LogP contribution in [0.15, 0.2) is 30.5 Å². The molecule has 1 heterocycles. The monoisotopic (exact) mass is 468 g/mol. The van der Waals surface area contributed by atoms with Crippen LogP contribution in [0.25, 0.3) is 0 Å². The Morgan fingerprint density at radius 2 is 1.94 bits per heavy atom. The first-order valence-electron chi connectivity index (χ1n) is 11.8. The standard InChI is InChI=1S/C25H33ClN6O/c1-3-4-5-8-15-31(2)18-19-11-13-20(14-12-19)25(33)30-32(21-9-6-7-10-21)24-22(26)17-28-23(16-27)29-24/h11-14,17,21H,3-10,15,18H2,1-2H3,(H,30,33). The van der Waals surface area contributed by atoms with Gasteiger partial charge in [0, 0.05) is 12.1 Å². The molecule has 1 aromatic carbocycles. The number of halogens is 1. The van der Waals surface area contributed by atoms with Crippen LogP contribution in [-0.2, 0) is 6.54 Å². The number of nitrogens with zero attached hydrogens (tertiary/aromatic N) is 5. The second-order valence-corrected chi connectivity index (χ2v) is 9.13. The topological polar surface area (TPSA) is 85.2 Å². The quantitative estimate of drug-likeness (QED) is 0.364. The average molecular weight is 469 g/mol. The van der Waals surface area contributed by atoms with Crippen LogP contribution in [0.1, 0.15) is 80.0 Å². The first-order chi connectivity index (χ1) is 16.0. The zero-order valence-electron chi connectivity index (χ0n) is 19.6. The van der Waals surface area contributed by atoms with Crippen LogP contribution in [0.5, 0.6) is 0 Å². The number of hydrogen-bond donors (Lipinski definition) is 1. The van der Waals surface area contributed by atoms with Gasteiger partial charge in [0.15, 0.2) is 5.82 Å². The normalized spacial score (nSPS) is 13.8. The Hall–Kier alpha value is -2.69. The third kappa shape index (κ3) is 7.15. The van der Waals surface area contributed by atoms with Crippen molar-refractivity contribution >= 4 is 23.3 Å². The molecule has 2 aromatic rings. The van der Waals surface area contributed by atoms with Gasteiger partial charge < -0.3 is 4.90 Å². The van der Waals surface area contributed by atoms with Gasteiger partial charge in [0.2, 0.25) is 5.82 Å². The zero-order chi connectivity index (χ0) is 23.6. The molecule has 33 heavy (non-hydrogen) atoms. The number of carbonyl (C=O) groups excluding carboxylic acids is 1. The molecule has 1 saturated carbocycles. The SMILES string of the molecule is CCCCCCN(C)Cc1ccc(C(=O)NN(c2nc(C#N)ncc2Cl)C2CCCC2)cc1. The number of aromatic nitrogens is 2. The zero-order valence-corrected chi connectivity index (χ0v) is 20.3. The third-order valence-electron chi connectivity index (χ3n) is 6.03. The molecule has 8 heteroatoms. The molecule has 1 amide bonds. The summed E-state index contributed by atoms with van der Waals surface area (Å²) in [7, 11) is 2.13. The maximum Gasteiger partial charge on any atom is 0.269 e. The number of unbranched alkanes of at least 4 members (excludes halogenated alkanes) is 3. The van der Waals surface area contributed by atoms with Crippen LogP contribution in [0.4, 0.5) is 5.82 Å². The number of hydrazine groups is 1. The summed E-state index contributed by atoms with van der Waals surface area (Å²) in [5, 5.41) is 11.2. The Bertz CT molecular complexity index is 952. The molecule has 3 rings (SSSR count). The van der Waals surface area contributed by atoms with Gasteiger partial charge in [0.1, 0.15) is 11.1 Å². The molecule has 0 atom stereocenters. The number of hydrogen-bond acceptors (Lipinski definition) is 6. The molecule has 1 aliphatic carbocycles. The number of amides is 1. The van der Waals surface area contributed by atoms with Crippen LogP contribution in [0, 0.1) is 11.3 Å². The molecule has 1 fully saturated rings. The van der Waals surface area contributed by atoms with Crippen molar-refractivity contribution in [3.63, 3.8) is 0 Å². The minimum absolute atomic E-state index is 0.0230. The Morgan fingerprint density at radius 1 is 1.21 bits per heavy atom. The highest BCUT2D eigenvalue weighted by atomic mass is 35.5. The van der Waals surface area contributed by atoms with Gasteiger partial charge in [0.05, 0.1) is 12.2 Å². The van der Waals surface area contributed by atoms with E-state index in [-0.39, 0.29) is 17.8 Å². The van der Waals surface area contributed by atoms with E-state index < -0.39 is 0 Å². The molecule has 1 aromatic heterocycles. The Morgan fingerprint density at radius 3 is 2.61 bits per heavy atom. The maximum absolute atomic E-state index is 13.1. The van der Waals surface area contributed by atoms with Crippen molar-refractivity contribution in [1.29, 1.82) is 5.26 Å². The molecule has 1 aliphatic rings. The lowest BCUT2D eigenvalue weighted by Gasteiger charge is -2.30. The van der Waals surface area contributed by atoms with Crippen molar-refractivity contribution in [1.82, 2.24) is 20.3 Å². The lowest BCUT2D eigenvalue weighted by Crippen LogP contribution is -2.48. The van der Waals surface area contributed by atoms with E-state index in [1.54, 1.807) is 5.01 Å². The molecular weight excluding hydrogens is 436 g/mol. The molecule has 0 saturated heterocycles. The molecule has 0 spiro atoms. The smallest absolute Gasteiger partial charge is 0.269 e. The average Bonchev–Trinajstić information content (AvgIpc) is 3.36. The Balaban J connectivity index is 1.67. The first-order valence-corrected chi connectivity index (χ1v) is 12.2. The van der Waals surface area contributed by atoms with Gasteiger partial charge in [-0.15, -0.1) is 0 Å². The van der Waals surface area contributed by atoms with Crippen molar-refractivity contribution in [2.24, 2.45) is 0 Å². The van der Waals surface area contributed by atoms with Crippen LogP contribution in [0.2, 0.25) is 5.02 Å². The molecule has 176 valence electrons. The summed E-state index contributed by atoms with van der Waals surface area (Å²) < 4.78 is 0. The minimum Gasteiger partial charge on any atom is -0.302 e. The number of benzene rings is 1. The molecule has 0 bridgehead atoms. The van der Waals surface area contributed by atoms with Gasteiger partial charge in [0.25, 0.3) is 5.91 Å². The summed E-state index contributed by atoms with van der Waals surface area (Å²) in [4.78, 5) is 23.6. The number of nitriles is 1. The number of rotatable bonds is 11. The van der Waals surface area contributed by atoms with Gasteiger partial charge in [-0.25, -0.2) is 4.98 Å². The largest absolute Gasteiger partial charge is 0.302 e. The molecule has 0 radical (unpaired) electrons. The van der Waals surface area contributed by atoms with Gasteiger partial charge in [-0.2, -0.15) is 10.2 Å². The summed E-state index contributed by atoms with van der Waals surface area (Å²) in [6, 6.07) is 9.73. The highest BCUT2D eigenvalue weighted by molar-refractivity contribution is 6.32. The van der Waals surface area contributed by atoms with Crippen LogP contribution < -0.4 is 10.4 Å². The van der Waals surface area contributed by atoms with E-state index in [0.717, 1.165) is 38.8 Å². The van der Waals surface area contributed by atoms with Crippen molar-refractivity contribution in [2.45, 2.75) is 70.9 Å². The lowest BCUT2D eigenvalue weighted by atomic mass is 10.1. The molecule has 0 unspecified atom stereocenters. The van der Waals surface area contributed by atoms with E-state index >= 15 is 0 Å². The lowest BCUT2D eigenvalue weighted by molar-refractivity contribution is 0.0944. The number of anilines is 1. The summed E-state index contributed by atoms with van der Waals surface area (Å²) in [5.74, 6) is 0.161. The fourth-order valence-electron chi connectivity index (χ4n) is 4.20. The van der Waals surface area contributed by atoms with Gasteiger partial charge >= 0.3 is 0 Å². The molecular formula is C25H33ClN6O. The van der Waals surface area contributed by atoms with Crippen molar-refractivity contribution in [3.05, 3.63) is 52.4 Å². The number of nitrogens with one attached hydrogen (secondary N) is 1. The van der Waals surface area contributed by atoms with E-state index in [9.17, 15) is 10.1 Å². The van der Waals surface area contributed by atoms with E-state index in [1.165, 1.54) is 37.4 Å². The summed E-state index contributed by atoms with van der Waals surface area (Å²) >= 11 is 6.35. The van der Waals surface area contributed by atoms with Crippen molar-refractivity contribution in [2.75, 3.05) is 18.6 Å². The van der Waals surface area contributed by atoms with Crippen LogP contribution in [0.3, 0.4) is 0 Å². The highest BCUT2D eigenvalue weighted by Gasteiger charge is 2.28. The first kappa shape index (κ1) is 24.9. The predicted molar refractivity (Wildman–Crippen MR) is 131 cm³/mol. The Kier molecular flexibility index (Phi) is 9.47. The predicted octanol–water partition coefficient (Wildman–Crippen LogP) is 5.11. The molecule has 0 aliphatic heterocycles. The van der Waals surface area contributed by atoms with E-state index in [2.05, 4.69) is 34.3 Å². The van der Waals surface area contributed by atoms with Gasteiger partial charge in [-0.05, 0) is 50.6 Å². The molecule has 1 N–H and O–H groups in total. The second kappa shape index (κ2) is 12.5. The summed E-state index contributed by atoms with van der Waals surface area (Å²) in [6.45, 7) is 4.15. The highest BCUT2D eigenvalue weighted by Crippen LogP contribution is 2.30. The minimum atomic E-state index is -0.227.